The van der Waals surface area contributed by atoms with E-state index >= 15 is 0 Å². The Balaban J connectivity index is 1.54. The van der Waals surface area contributed by atoms with Gasteiger partial charge in [-0.3, -0.25) is 4.79 Å². The largest absolute Gasteiger partial charge is 0.351 e. The van der Waals surface area contributed by atoms with E-state index in [2.05, 4.69) is 26.2 Å². The maximum atomic E-state index is 13.2. The Labute approximate surface area is 149 Å². The lowest BCUT2D eigenvalue weighted by Crippen LogP contribution is -2.24. The maximum Gasteiger partial charge on any atom is 0.230 e. The first kappa shape index (κ1) is 16.4. The molecule has 0 aliphatic heterocycles. The number of carbonyl (C=O) groups is 1. The van der Waals surface area contributed by atoms with Gasteiger partial charge in [0.05, 0.1) is 16.0 Å². The highest BCUT2D eigenvalue weighted by molar-refractivity contribution is 9.10. The average molecular weight is 411 g/mol. The number of fused-ring (bicyclic) bond motifs is 1. The van der Waals surface area contributed by atoms with Crippen molar-refractivity contribution >= 4 is 55.2 Å². The van der Waals surface area contributed by atoms with Crippen molar-refractivity contribution in [2.45, 2.75) is 10.9 Å². The minimum absolute atomic E-state index is 0.106. The SMILES string of the molecule is O=C(CSc1nc2ccccc2s1)NCc1cc(F)ccc1Br. The molecule has 1 heterocycles. The lowest BCUT2D eigenvalue weighted by molar-refractivity contribution is -0.118. The second kappa shape index (κ2) is 7.42. The average Bonchev–Trinajstić information content (AvgIpc) is 2.96. The number of benzene rings is 2. The quantitative estimate of drug-likeness (QED) is 0.624. The van der Waals surface area contributed by atoms with E-state index in [9.17, 15) is 9.18 Å². The number of carbonyl (C=O) groups excluding carboxylic acids is 1. The van der Waals surface area contributed by atoms with E-state index in [0.717, 1.165) is 19.0 Å². The Hall–Kier alpha value is -1.44. The van der Waals surface area contributed by atoms with Gasteiger partial charge >= 0.3 is 0 Å². The first-order valence-corrected chi connectivity index (χ1v) is 9.40. The fourth-order valence-electron chi connectivity index (χ4n) is 1.96. The van der Waals surface area contributed by atoms with Gasteiger partial charge in [0.25, 0.3) is 0 Å². The van der Waals surface area contributed by atoms with Gasteiger partial charge in [-0.2, -0.15) is 0 Å². The van der Waals surface area contributed by atoms with Gasteiger partial charge in [-0.15, -0.1) is 11.3 Å². The Kier molecular flexibility index (Phi) is 5.30. The Morgan fingerprint density at radius 1 is 1.30 bits per heavy atom. The van der Waals surface area contributed by atoms with Crippen molar-refractivity contribution in [3.05, 3.63) is 58.3 Å². The molecule has 0 fully saturated rings. The fraction of sp³-hybridized carbons (Fsp3) is 0.125. The number of rotatable bonds is 5. The molecule has 0 aliphatic carbocycles. The van der Waals surface area contributed by atoms with Crippen molar-refractivity contribution in [1.82, 2.24) is 10.3 Å². The molecule has 1 amide bonds. The summed E-state index contributed by atoms with van der Waals surface area (Å²) in [5.41, 5.74) is 1.66. The van der Waals surface area contributed by atoms with Crippen LogP contribution >= 0.6 is 39.0 Å². The zero-order valence-electron chi connectivity index (χ0n) is 11.9. The minimum atomic E-state index is -0.318. The van der Waals surface area contributed by atoms with Crippen LogP contribution in [0.15, 0.2) is 51.3 Å². The lowest BCUT2D eigenvalue weighted by Gasteiger charge is -2.06. The molecule has 0 radical (unpaired) electrons. The molecule has 3 aromatic rings. The minimum Gasteiger partial charge on any atom is -0.351 e. The van der Waals surface area contributed by atoms with E-state index < -0.39 is 0 Å². The third kappa shape index (κ3) is 4.31. The predicted octanol–water partition coefficient (Wildman–Crippen LogP) is 4.61. The van der Waals surface area contributed by atoms with Crippen LogP contribution < -0.4 is 5.32 Å². The summed E-state index contributed by atoms with van der Waals surface area (Å²) >= 11 is 6.32. The summed E-state index contributed by atoms with van der Waals surface area (Å²) < 4.78 is 16.0. The third-order valence-electron chi connectivity index (χ3n) is 3.08. The highest BCUT2D eigenvalue weighted by atomic mass is 79.9. The zero-order chi connectivity index (χ0) is 16.2. The van der Waals surface area contributed by atoms with E-state index in [1.54, 1.807) is 17.4 Å². The maximum absolute atomic E-state index is 13.2. The number of hydrogen-bond acceptors (Lipinski definition) is 4. The summed E-state index contributed by atoms with van der Waals surface area (Å²) in [6.45, 7) is 0.289. The fourth-order valence-corrected chi connectivity index (χ4v) is 4.25. The van der Waals surface area contributed by atoms with E-state index in [0.29, 0.717) is 5.56 Å². The molecule has 0 spiro atoms. The molecule has 0 saturated carbocycles. The Morgan fingerprint density at radius 2 is 2.13 bits per heavy atom. The monoisotopic (exact) mass is 410 g/mol. The summed E-state index contributed by atoms with van der Waals surface area (Å²) in [4.78, 5) is 16.4. The molecule has 1 N–H and O–H groups in total. The molecular formula is C16H12BrFN2OS2. The first-order valence-electron chi connectivity index (χ1n) is 6.81. The van der Waals surface area contributed by atoms with E-state index in [1.807, 2.05) is 24.3 Å². The number of hydrogen-bond donors (Lipinski definition) is 1. The number of halogens is 2. The molecule has 3 nitrogen and oxygen atoms in total. The lowest BCUT2D eigenvalue weighted by atomic mass is 10.2. The van der Waals surface area contributed by atoms with Gasteiger partial charge in [0.2, 0.25) is 5.91 Å². The van der Waals surface area contributed by atoms with Crippen LogP contribution in [0.4, 0.5) is 4.39 Å². The summed E-state index contributed by atoms with van der Waals surface area (Å²) in [5, 5.41) is 2.79. The molecule has 0 saturated heterocycles. The smallest absolute Gasteiger partial charge is 0.230 e. The molecular weight excluding hydrogens is 399 g/mol. The molecule has 0 bridgehead atoms. The van der Waals surface area contributed by atoms with Gasteiger partial charge in [-0.05, 0) is 35.9 Å². The van der Waals surface area contributed by atoms with Crippen molar-refractivity contribution < 1.29 is 9.18 Å². The summed E-state index contributed by atoms with van der Waals surface area (Å²) in [6, 6.07) is 12.3. The molecule has 23 heavy (non-hydrogen) atoms. The van der Waals surface area contributed by atoms with Crippen molar-refractivity contribution in [2.75, 3.05) is 5.75 Å². The molecule has 0 aliphatic rings. The molecule has 118 valence electrons. The van der Waals surface area contributed by atoms with Gasteiger partial charge < -0.3 is 5.32 Å². The molecule has 3 rings (SSSR count). The van der Waals surface area contributed by atoms with Gasteiger partial charge in [0.15, 0.2) is 4.34 Å². The van der Waals surface area contributed by atoms with Crippen molar-refractivity contribution in [1.29, 1.82) is 0 Å². The molecule has 0 atom stereocenters. The summed E-state index contributed by atoms with van der Waals surface area (Å²) in [6.07, 6.45) is 0. The topological polar surface area (TPSA) is 42.0 Å². The second-order valence-corrected chi connectivity index (χ2v) is 7.86. The summed E-state index contributed by atoms with van der Waals surface area (Å²) in [7, 11) is 0. The molecule has 1 aromatic heterocycles. The Bertz CT molecular complexity index is 820. The number of amides is 1. The van der Waals surface area contributed by atoms with Crippen LogP contribution in [0.2, 0.25) is 0 Å². The van der Waals surface area contributed by atoms with Gasteiger partial charge in [-0.25, -0.2) is 9.37 Å². The van der Waals surface area contributed by atoms with Crippen LogP contribution in [0.3, 0.4) is 0 Å². The van der Waals surface area contributed by atoms with Crippen LogP contribution in [0, 0.1) is 5.82 Å². The normalized spacial score (nSPS) is 10.9. The van der Waals surface area contributed by atoms with E-state index in [-0.39, 0.29) is 24.0 Å². The zero-order valence-corrected chi connectivity index (χ0v) is 15.1. The molecule has 0 unspecified atom stereocenters. The number of para-hydroxylation sites is 1. The van der Waals surface area contributed by atoms with Crippen LogP contribution in [-0.4, -0.2) is 16.6 Å². The number of nitrogens with zero attached hydrogens (tertiary/aromatic N) is 1. The Morgan fingerprint density at radius 3 is 2.96 bits per heavy atom. The van der Waals surface area contributed by atoms with Gasteiger partial charge in [-0.1, -0.05) is 39.8 Å². The molecule has 2 aromatic carbocycles. The number of nitrogens with one attached hydrogen (secondary N) is 1. The molecule has 7 heteroatoms. The predicted molar refractivity (Wildman–Crippen MR) is 96.3 cm³/mol. The van der Waals surface area contributed by atoms with Crippen molar-refractivity contribution in [2.24, 2.45) is 0 Å². The first-order chi connectivity index (χ1) is 11.1. The van der Waals surface area contributed by atoms with Crippen LogP contribution in [0.1, 0.15) is 5.56 Å². The standard InChI is InChI=1S/C16H12BrFN2OS2/c17-12-6-5-11(18)7-10(12)8-19-15(21)9-22-16-20-13-3-1-2-4-14(13)23-16/h1-7H,8-9H2,(H,19,21). The van der Waals surface area contributed by atoms with Gasteiger partial charge in [0.1, 0.15) is 5.82 Å². The van der Waals surface area contributed by atoms with Crippen molar-refractivity contribution in [3.8, 4) is 0 Å². The summed E-state index contributed by atoms with van der Waals surface area (Å²) in [5.74, 6) is -0.140. The van der Waals surface area contributed by atoms with Crippen LogP contribution in [0.5, 0.6) is 0 Å². The number of thioether (sulfide) groups is 1. The third-order valence-corrected chi connectivity index (χ3v) is 6.04. The van der Waals surface area contributed by atoms with Crippen molar-refractivity contribution in [3.63, 3.8) is 0 Å². The van der Waals surface area contributed by atoms with E-state index in [4.69, 9.17) is 0 Å². The second-order valence-electron chi connectivity index (χ2n) is 4.75. The highest BCUT2D eigenvalue weighted by Crippen LogP contribution is 2.29. The highest BCUT2D eigenvalue weighted by Gasteiger charge is 2.08. The van der Waals surface area contributed by atoms with Crippen LogP contribution in [-0.2, 0) is 11.3 Å². The van der Waals surface area contributed by atoms with Crippen LogP contribution in [0.25, 0.3) is 10.2 Å². The van der Waals surface area contributed by atoms with Gasteiger partial charge in [0, 0.05) is 11.0 Å². The van der Waals surface area contributed by atoms with E-state index in [1.165, 1.54) is 23.9 Å². The number of aromatic nitrogens is 1. The number of thiazole rings is 1.